The Kier molecular flexibility index (Phi) is 6.19. The number of thioether (sulfide) groups is 1. The normalized spacial score (nSPS) is 15.1. The number of rotatable bonds is 7. The third kappa shape index (κ3) is 5.37. The molecule has 1 amide bonds. The van der Waals surface area contributed by atoms with Gasteiger partial charge in [-0.15, -0.1) is 0 Å². The van der Waals surface area contributed by atoms with Crippen molar-refractivity contribution in [2.75, 3.05) is 13.2 Å². The van der Waals surface area contributed by atoms with Crippen LogP contribution in [0.1, 0.15) is 23.6 Å². The average Bonchev–Trinajstić information content (AvgIpc) is 2.96. The van der Waals surface area contributed by atoms with Crippen molar-refractivity contribution in [1.82, 2.24) is 0 Å². The van der Waals surface area contributed by atoms with Crippen LogP contribution in [-0.2, 0) is 11.2 Å². The van der Waals surface area contributed by atoms with Crippen molar-refractivity contribution in [1.29, 1.82) is 0 Å². The molecular formula is C21H22N2O3S. The topological polar surface area (TPSA) is 73.9 Å². The summed E-state index contributed by atoms with van der Waals surface area (Å²) in [6.45, 7) is 5.12. The number of aryl methyl sites for hydroxylation is 2. The van der Waals surface area contributed by atoms with E-state index in [-0.39, 0.29) is 11.1 Å². The van der Waals surface area contributed by atoms with Crippen molar-refractivity contribution in [3.05, 3.63) is 64.1 Å². The van der Waals surface area contributed by atoms with E-state index in [2.05, 4.69) is 31.0 Å². The van der Waals surface area contributed by atoms with Crippen molar-refractivity contribution in [2.45, 2.75) is 20.3 Å². The van der Waals surface area contributed by atoms with Gasteiger partial charge in [-0.2, -0.15) is 4.99 Å². The fourth-order valence-electron chi connectivity index (χ4n) is 2.67. The molecule has 1 aliphatic heterocycles. The molecule has 0 spiro atoms. The van der Waals surface area contributed by atoms with Gasteiger partial charge in [0.25, 0.3) is 5.91 Å². The molecule has 0 atom stereocenters. The summed E-state index contributed by atoms with van der Waals surface area (Å²) in [6.07, 6.45) is 2.76. The molecule has 0 saturated carbocycles. The fraction of sp³-hybridized carbons (Fsp3) is 0.238. The highest BCUT2D eigenvalue weighted by molar-refractivity contribution is 8.18. The van der Waals surface area contributed by atoms with E-state index in [0.717, 1.165) is 23.5 Å². The molecular weight excluding hydrogens is 360 g/mol. The molecule has 0 aromatic heterocycles. The first-order valence-corrected chi connectivity index (χ1v) is 9.59. The van der Waals surface area contributed by atoms with Gasteiger partial charge in [0, 0.05) is 0 Å². The maximum Gasteiger partial charge on any atom is 0.286 e. The number of nitrogens with zero attached hydrogens (tertiary/aromatic N) is 1. The lowest BCUT2D eigenvalue weighted by Crippen LogP contribution is -2.09. The first kappa shape index (κ1) is 19.0. The molecule has 5 nitrogen and oxygen atoms in total. The standard InChI is InChI=1S/C21H22N2O3S/c1-3-15-10-14(2)11-18(12-15)26-9-8-25-17-6-4-16(5-7-17)13-19-20(24)23-21(22)27-19/h4-7,10-13H,3,8-9H2,1-2H3,(H2,22,23,24)/b19-13+. The summed E-state index contributed by atoms with van der Waals surface area (Å²) in [7, 11) is 0. The zero-order chi connectivity index (χ0) is 19.2. The molecule has 0 bridgehead atoms. The van der Waals surface area contributed by atoms with Crippen LogP contribution in [0.3, 0.4) is 0 Å². The molecule has 2 aromatic carbocycles. The Morgan fingerprint density at radius 3 is 2.41 bits per heavy atom. The molecule has 0 fully saturated rings. The minimum Gasteiger partial charge on any atom is -0.490 e. The number of aliphatic imine (C=N–C) groups is 1. The van der Waals surface area contributed by atoms with Gasteiger partial charge in [0.15, 0.2) is 5.17 Å². The second kappa shape index (κ2) is 8.77. The first-order valence-electron chi connectivity index (χ1n) is 8.78. The molecule has 1 heterocycles. The van der Waals surface area contributed by atoms with Crippen LogP contribution in [0.2, 0.25) is 0 Å². The van der Waals surface area contributed by atoms with E-state index in [0.29, 0.717) is 18.1 Å². The van der Waals surface area contributed by atoms with Gasteiger partial charge in [-0.1, -0.05) is 25.1 Å². The minimum atomic E-state index is -0.294. The molecule has 0 aliphatic carbocycles. The number of hydrogen-bond donors (Lipinski definition) is 1. The Labute approximate surface area is 163 Å². The van der Waals surface area contributed by atoms with Crippen LogP contribution in [0, 0.1) is 6.92 Å². The van der Waals surface area contributed by atoms with Gasteiger partial charge in [0.2, 0.25) is 0 Å². The molecule has 6 heteroatoms. The van der Waals surface area contributed by atoms with Crippen LogP contribution in [-0.4, -0.2) is 24.3 Å². The summed E-state index contributed by atoms with van der Waals surface area (Å²) in [6, 6.07) is 13.8. The van der Waals surface area contributed by atoms with E-state index in [1.807, 2.05) is 30.3 Å². The predicted octanol–water partition coefficient (Wildman–Crippen LogP) is 3.94. The van der Waals surface area contributed by atoms with Crippen LogP contribution in [0.15, 0.2) is 52.4 Å². The lowest BCUT2D eigenvalue weighted by atomic mass is 10.1. The predicted molar refractivity (Wildman–Crippen MR) is 110 cm³/mol. The van der Waals surface area contributed by atoms with E-state index in [4.69, 9.17) is 15.2 Å². The third-order valence-corrected chi connectivity index (χ3v) is 4.77. The van der Waals surface area contributed by atoms with Gasteiger partial charge in [-0.3, -0.25) is 4.79 Å². The van der Waals surface area contributed by atoms with Crippen LogP contribution in [0.4, 0.5) is 0 Å². The van der Waals surface area contributed by atoms with Crippen LogP contribution >= 0.6 is 11.8 Å². The maximum absolute atomic E-state index is 11.6. The van der Waals surface area contributed by atoms with E-state index < -0.39 is 0 Å². The number of carbonyl (C=O) groups excluding carboxylic acids is 1. The van der Waals surface area contributed by atoms with Crippen molar-refractivity contribution in [3.63, 3.8) is 0 Å². The highest BCUT2D eigenvalue weighted by atomic mass is 32.2. The molecule has 3 rings (SSSR count). The van der Waals surface area contributed by atoms with Crippen molar-refractivity contribution in [2.24, 2.45) is 10.7 Å². The number of ether oxygens (including phenoxy) is 2. The highest BCUT2D eigenvalue weighted by Crippen LogP contribution is 2.26. The Balaban J connectivity index is 1.49. The van der Waals surface area contributed by atoms with Gasteiger partial charge in [0.05, 0.1) is 4.91 Å². The van der Waals surface area contributed by atoms with E-state index in [1.165, 1.54) is 22.9 Å². The smallest absolute Gasteiger partial charge is 0.286 e. The van der Waals surface area contributed by atoms with E-state index in [1.54, 1.807) is 6.08 Å². The summed E-state index contributed by atoms with van der Waals surface area (Å²) in [5, 5.41) is 0.283. The number of nitrogens with two attached hydrogens (primary N) is 1. The zero-order valence-corrected chi connectivity index (χ0v) is 16.2. The highest BCUT2D eigenvalue weighted by Gasteiger charge is 2.19. The Hall–Kier alpha value is -2.73. The monoisotopic (exact) mass is 382 g/mol. The van der Waals surface area contributed by atoms with Gasteiger partial charge in [-0.25, -0.2) is 0 Å². The zero-order valence-electron chi connectivity index (χ0n) is 15.4. The van der Waals surface area contributed by atoms with Crippen LogP contribution < -0.4 is 15.2 Å². The summed E-state index contributed by atoms with van der Waals surface area (Å²) >= 11 is 1.18. The molecule has 0 unspecified atom stereocenters. The van der Waals surface area contributed by atoms with Crippen LogP contribution in [0.25, 0.3) is 6.08 Å². The average molecular weight is 382 g/mol. The molecule has 0 radical (unpaired) electrons. The van der Waals surface area contributed by atoms with Crippen LogP contribution in [0.5, 0.6) is 11.5 Å². The fourth-order valence-corrected chi connectivity index (χ4v) is 3.35. The number of amidine groups is 1. The minimum absolute atomic E-state index is 0.283. The van der Waals surface area contributed by atoms with Crippen molar-refractivity contribution in [3.8, 4) is 11.5 Å². The molecule has 2 aromatic rings. The third-order valence-electron chi connectivity index (χ3n) is 3.95. The lowest BCUT2D eigenvalue weighted by molar-refractivity contribution is -0.113. The first-order chi connectivity index (χ1) is 13.0. The summed E-state index contributed by atoms with van der Waals surface area (Å²) < 4.78 is 11.5. The molecule has 140 valence electrons. The van der Waals surface area contributed by atoms with Gasteiger partial charge >= 0.3 is 0 Å². The van der Waals surface area contributed by atoms with Gasteiger partial charge in [-0.05, 0) is 72.1 Å². The Morgan fingerprint density at radius 1 is 1.07 bits per heavy atom. The second-order valence-electron chi connectivity index (χ2n) is 6.14. The largest absolute Gasteiger partial charge is 0.490 e. The van der Waals surface area contributed by atoms with Crippen molar-refractivity contribution < 1.29 is 14.3 Å². The second-order valence-corrected chi connectivity index (χ2v) is 7.20. The van der Waals surface area contributed by atoms with Crippen molar-refractivity contribution >= 4 is 28.9 Å². The van der Waals surface area contributed by atoms with E-state index >= 15 is 0 Å². The Morgan fingerprint density at radius 2 is 1.78 bits per heavy atom. The molecule has 2 N–H and O–H groups in total. The Bertz CT molecular complexity index is 889. The summed E-state index contributed by atoms with van der Waals surface area (Å²) in [5.41, 5.74) is 8.90. The lowest BCUT2D eigenvalue weighted by Gasteiger charge is -2.10. The van der Waals surface area contributed by atoms with Gasteiger partial charge < -0.3 is 15.2 Å². The number of hydrogen-bond acceptors (Lipinski definition) is 5. The number of amides is 1. The van der Waals surface area contributed by atoms with Gasteiger partial charge in [0.1, 0.15) is 24.7 Å². The number of benzene rings is 2. The quantitative estimate of drug-likeness (QED) is 0.580. The number of carbonyl (C=O) groups is 1. The summed E-state index contributed by atoms with van der Waals surface area (Å²) in [4.78, 5) is 15.8. The van der Waals surface area contributed by atoms with E-state index in [9.17, 15) is 4.79 Å². The molecule has 27 heavy (non-hydrogen) atoms. The SMILES string of the molecule is CCc1cc(C)cc(OCCOc2ccc(/C=C3/SC(N)=NC3=O)cc2)c1. The molecule has 0 saturated heterocycles. The molecule has 1 aliphatic rings. The summed E-state index contributed by atoms with van der Waals surface area (Å²) in [5.74, 6) is 1.33. The maximum atomic E-state index is 11.6.